The number of aromatic nitrogens is 1. The van der Waals surface area contributed by atoms with Gasteiger partial charge in [0, 0.05) is 26.6 Å². The number of ether oxygens (including phenoxy) is 2. The smallest absolute Gasteiger partial charge is 0.338 e. The van der Waals surface area contributed by atoms with Crippen molar-refractivity contribution >= 4 is 58.3 Å². The highest BCUT2D eigenvalue weighted by Crippen LogP contribution is 2.38. The number of carbonyl (C=O) groups excluding carboxylic acids is 1. The summed E-state index contributed by atoms with van der Waals surface area (Å²) < 4.78 is 19.0. The number of carbonyl (C=O) groups is 1. The van der Waals surface area contributed by atoms with Gasteiger partial charge in [0.1, 0.15) is 17.6 Å². The van der Waals surface area contributed by atoms with Gasteiger partial charge in [0.05, 0.1) is 29.5 Å². The molecule has 0 amide bonds. The van der Waals surface area contributed by atoms with Crippen molar-refractivity contribution < 1.29 is 18.7 Å². The van der Waals surface area contributed by atoms with Crippen molar-refractivity contribution in [2.75, 3.05) is 13.7 Å². The maximum absolute atomic E-state index is 14.0. The molecule has 0 N–H and O–H groups in total. The van der Waals surface area contributed by atoms with Gasteiger partial charge in [-0.1, -0.05) is 59.6 Å². The van der Waals surface area contributed by atoms with Gasteiger partial charge in [-0.15, -0.1) is 0 Å². The first kappa shape index (κ1) is 29.3. The van der Waals surface area contributed by atoms with E-state index in [9.17, 15) is 9.59 Å². The fourth-order valence-electron chi connectivity index (χ4n) is 4.55. The summed E-state index contributed by atoms with van der Waals surface area (Å²) in [5.74, 6) is 0.473. The fraction of sp³-hybridized carbons (Fsp3) is 0.233. The van der Waals surface area contributed by atoms with Crippen molar-refractivity contribution in [1.29, 1.82) is 0 Å². The number of benzene rings is 2. The van der Waals surface area contributed by atoms with Gasteiger partial charge >= 0.3 is 5.97 Å². The number of hydrogen-bond donors (Lipinski definition) is 0. The second kappa shape index (κ2) is 12.7. The lowest BCUT2D eigenvalue weighted by molar-refractivity contribution is -0.139. The molecule has 0 radical (unpaired) electrons. The molecule has 0 saturated carbocycles. The normalized spacial score (nSPS) is 15.0. The molecule has 0 bridgehead atoms. The van der Waals surface area contributed by atoms with Crippen LogP contribution in [0.2, 0.25) is 10.0 Å². The molecule has 2 aromatic carbocycles. The molecule has 5 rings (SSSR count). The van der Waals surface area contributed by atoms with E-state index in [0.29, 0.717) is 59.2 Å². The van der Waals surface area contributed by atoms with E-state index >= 15 is 0 Å². The molecule has 0 fully saturated rings. The molecule has 0 aliphatic carbocycles. The summed E-state index contributed by atoms with van der Waals surface area (Å²) in [6.07, 6.45) is 2.97. The second-order valence-corrected chi connectivity index (χ2v) is 12.0. The molecule has 212 valence electrons. The molecule has 11 heteroatoms. The Hall–Kier alpha value is -3.24. The Morgan fingerprint density at radius 1 is 1.12 bits per heavy atom. The van der Waals surface area contributed by atoms with Gasteiger partial charge in [0.2, 0.25) is 0 Å². The third-order valence-corrected chi connectivity index (χ3v) is 8.68. The van der Waals surface area contributed by atoms with Crippen molar-refractivity contribution in [3.63, 3.8) is 0 Å². The van der Waals surface area contributed by atoms with Gasteiger partial charge in [-0.25, -0.2) is 9.79 Å². The van der Waals surface area contributed by atoms with Crippen molar-refractivity contribution in [1.82, 2.24) is 4.57 Å². The number of allylic oxidation sites excluding steroid dienone is 1. The van der Waals surface area contributed by atoms with E-state index in [1.54, 1.807) is 37.3 Å². The SMILES string of the molecule is CCCC1=C(C(=O)OCC)[C@@H](c2cc(Cl)ccc2OC)n2c(s/c(=C/c3ccc(Sc4ccc(Cl)cc4)o3)c2=O)=N1. The van der Waals surface area contributed by atoms with Crippen molar-refractivity contribution in [2.24, 2.45) is 4.99 Å². The maximum Gasteiger partial charge on any atom is 0.338 e. The van der Waals surface area contributed by atoms with E-state index in [2.05, 4.69) is 0 Å². The van der Waals surface area contributed by atoms with Crippen LogP contribution in [0.1, 0.15) is 44.1 Å². The molecular formula is C30H26Cl2N2O5S2. The number of esters is 1. The highest BCUT2D eigenvalue weighted by atomic mass is 35.5. The molecule has 1 aliphatic rings. The quantitative estimate of drug-likeness (QED) is 0.193. The zero-order valence-corrected chi connectivity index (χ0v) is 25.6. The summed E-state index contributed by atoms with van der Waals surface area (Å²) >= 11 is 15.1. The van der Waals surface area contributed by atoms with Crippen LogP contribution >= 0.6 is 46.3 Å². The average Bonchev–Trinajstić information content (AvgIpc) is 3.52. The molecule has 4 aromatic rings. The third-order valence-electron chi connectivity index (χ3n) is 6.29. The van der Waals surface area contributed by atoms with Gasteiger partial charge in [-0.3, -0.25) is 9.36 Å². The Bertz CT molecular complexity index is 1810. The van der Waals surface area contributed by atoms with Crippen LogP contribution in [0.4, 0.5) is 0 Å². The first-order valence-electron chi connectivity index (χ1n) is 12.9. The molecule has 0 spiro atoms. The number of furan rings is 1. The molecule has 0 saturated heterocycles. The topological polar surface area (TPSA) is 83.0 Å². The molecule has 41 heavy (non-hydrogen) atoms. The zero-order chi connectivity index (χ0) is 29.1. The van der Waals surface area contributed by atoms with Crippen LogP contribution in [-0.4, -0.2) is 24.3 Å². The summed E-state index contributed by atoms with van der Waals surface area (Å²) in [4.78, 5) is 33.6. The number of thiazole rings is 1. The Morgan fingerprint density at radius 2 is 1.88 bits per heavy atom. The van der Waals surface area contributed by atoms with E-state index in [-0.39, 0.29) is 12.2 Å². The maximum atomic E-state index is 14.0. The van der Waals surface area contributed by atoms with Crippen LogP contribution in [-0.2, 0) is 9.53 Å². The van der Waals surface area contributed by atoms with Crippen LogP contribution in [0, 0.1) is 0 Å². The number of halogens is 2. The van der Waals surface area contributed by atoms with E-state index < -0.39 is 12.0 Å². The van der Waals surface area contributed by atoms with Crippen LogP contribution in [0.15, 0.2) is 90.1 Å². The minimum atomic E-state index is -0.838. The van der Waals surface area contributed by atoms with Crippen molar-refractivity contribution in [3.8, 4) is 5.75 Å². The molecule has 1 atom stereocenters. The summed E-state index contributed by atoms with van der Waals surface area (Å²) in [6.45, 7) is 3.93. The van der Waals surface area contributed by atoms with E-state index in [1.807, 2.05) is 37.3 Å². The third kappa shape index (κ3) is 6.18. The summed E-state index contributed by atoms with van der Waals surface area (Å²) in [5, 5.41) is 1.77. The minimum Gasteiger partial charge on any atom is -0.496 e. The van der Waals surface area contributed by atoms with Gasteiger partial charge in [-0.05, 0) is 67.9 Å². The predicted octanol–water partition coefficient (Wildman–Crippen LogP) is 6.64. The molecule has 7 nitrogen and oxygen atoms in total. The van der Waals surface area contributed by atoms with Crippen molar-refractivity contribution in [3.05, 3.63) is 107 Å². The fourth-order valence-corrected chi connectivity index (χ4v) is 6.63. The molecule has 0 unspecified atom stereocenters. The average molecular weight is 630 g/mol. The van der Waals surface area contributed by atoms with Gasteiger partial charge < -0.3 is 13.9 Å². The standard InChI is InChI=1S/C30H26Cl2N2O5S2/c1-4-6-22-26(29(36)38-5-2)27(21-15-18(32)9-13-23(21)37-3)34-28(35)24(41-30(34)33-22)16-19-10-14-25(39-19)40-20-11-7-17(31)8-12-20/h7-16,27H,4-6H2,1-3H3/b24-16+/t27-/m1/s1. The monoisotopic (exact) mass is 628 g/mol. The molecule has 2 aromatic heterocycles. The van der Waals surface area contributed by atoms with E-state index in [1.165, 1.54) is 34.8 Å². The summed E-state index contributed by atoms with van der Waals surface area (Å²) in [5.41, 5.74) is 1.12. The van der Waals surface area contributed by atoms with E-state index in [4.69, 9.17) is 42.1 Å². The van der Waals surface area contributed by atoms with Crippen LogP contribution in [0.3, 0.4) is 0 Å². The molecule has 1 aliphatic heterocycles. The van der Waals surface area contributed by atoms with Gasteiger partial charge in [-0.2, -0.15) is 0 Å². The Labute approximate surface area is 254 Å². The number of nitrogens with zero attached hydrogens (tertiary/aromatic N) is 2. The van der Waals surface area contributed by atoms with Crippen molar-refractivity contribution in [2.45, 2.75) is 42.7 Å². The van der Waals surface area contributed by atoms with Gasteiger partial charge in [0.25, 0.3) is 5.56 Å². The van der Waals surface area contributed by atoms with Gasteiger partial charge in [0.15, 0.2) is 9.89 Å². The largest absolute Gasteiger partial charge is 0.496 e. The number of methoxy groups -OCH3 is 1. The number of hydrogen-bond acceptors (Lipinski definition) is 8. The lowest BCUT2D eigenvalue weighted by Crippen LogP contribution is -2.40. The van der Waals surface area contributed by atoms with E-state index in [0.717, 1.165) is 11.3 Å². The highest BCUT2D eigenvalue weighted by Gasteiger charge is 2.36. The Morgan fingerprint density at radius 3 is 2.59 bits per heavy atom. The predicted molar refractivity (Wildman–Crippen MR) is 162 cm³/mol. The highest BCUT2D eigenvalue weighted by molar-refractivity contribution is 7.99. The number of rotatable bonds is 9. The first-order valence-corrected chi connectivity index (χ1v) is 15.3. The number of fused-ring (bicyclic) bond motifs is 1. The minimum absolute atomic E-state index is 0.181. The second-order valence-electron chi connectivity index (χ2n) is 9.01. The first-order chi connectivity index (χ1) is 19.8. The van der Waals surface area contributed by atoms with Crippen LogP contribution in [0.5, 0.6) is 5.75 Å². The summed E-state index contributed by atoms with van der Waals surface area (Å²) in [7, 11) is 1.54. The van der Waals surface area contributed by atoms with Crippen LogP contribution < -0.4 is 19.6 Å². The lowest BCUT2D eigenvalue weighted by Gasteiger charge is -2.27. The Balaban J connectivity index is 1.65. The summed E-state index contributed by atoms with van der Waals surface area (Å²) in [6, 6.07) is 15.4. The Kier molecular flexibility index (Phi) is 9.09. The molecule has 3 heterocycles. The van der Waals surface area contributed by atoms with Crippen LogP contribution in [0.25, 0.3) is 6.08 Å². The zero-order valence-electron chi connectivity index (χ0n) is 22.5. The molecular weight excluding hydrogens is 603 g/mol. The lowest BCUT2D eigenvalue weighted by atomic mass is 9.93.